The molecule has 0 bridgehead atoms. The normalized spacial score (nSPS) is 12.1. The van der Waals surface area contributed by atoms with Gasteiger partial charge < -0.3 is 10.2 Å². The number of nitrogens with zero attached hydrogens (tertiary/aromatic N) is 2. The number of anilines is 1. The lowest BCUT2D eigenvalue weighted by molar-refractivity contribution is -0.140. The molecule has 46 heavy (non-hydrogen) atoms. The third-order valence-electron chi connectivity index (χ3n) is 7.31. The minimum atomic E-state index is -4.32. The van der Waals surface area contributed by atoms with Crippen molar-refractivity contribution in [3.63, 3.8) is 0 Å². The minimum absolute atomic E-state index is 0.0182. The number of benzene rings is 4. The molecule has 0 radical (unpaired) electrons. The van der Waals surface area contributed by atoms with E-state index in [1.165, 1.54) is 29.2 Å². The maximum absolute atomic E-state index is 14.5. The molecule has 4 aromatic carbocycles. The number of amides is 2. The van der Waals surface area contributed by atoms with Gasteiger partial charge in [-0.1, -0.05) is 115 Å². The average molecular weight is 701 g/mol. The maximum Gasteiger partial charge on any atom is 0.264 e. The maximum atomic E-state index is 14.5. The first-order valence-corrected chi connectivity index (χ1v) is 17.3. The van der Waals surface area contributed by atoms with Crippen LogP contribution in [0.25, 0.3) is 0 Å². The predicted molar refractivity (Wildman–Crippen MR) is 186 cm³/mol. The molecule has 4 rings (SSSR count). The highest BCUT2D eigenvalue weighted by Crippen LogP contribution is 2.35. The molecule has 0 fully saturated rings. The van der Waals surface area contributed by atoms with Crippen molar-refractivity contribution in [1.82, 2.24) is 10.2 Å². The van der Waals surface area contributed by atoms with Crippen LogP contribution < -0.4 is 9.62 Å². The smallest absolute Gasteiger partial charge is 0.264 e. The van der Waals surface area contributed by atoms with E-state index in [1.807, 2.05) is 51.1 Å². The summed E-state index contributed by atoms with van der Waals surface area (Å²) >= 11 is 19.0. The molecule has 0 saturated carbocycles. The molecular formula is C35H36Cl3N3O4S. The summed E-state index contributed by atoms with van der Waals surface area (Å²) in [7, 11) is -4.32. The van der Waals surface area contributed by atoms with Crippen LogP contribution in [0.1, 0.15) is 30.5 Å². The fraction of sp³-hybridized carbons (Fsp3) is 0.257. The molecule has 0 aromatic heterocycles. The van der Waals surface area contributed by atoms with Crippen LogP contribution in [0.5, 0.6) is 0 Å². The Kier molecular flexibility index (Phi) is 12.1. The summed E-state index contributed by atoms with van der Waals surface area (Å²) in [5.74, 6) is -0.794. The standard InChI is InChI=1S/C35H36Cl3N3O4S/c1-24(2)21-39-35(43)32(20-26-8-5-4-6-9-26)40(22-27-14-16-28(36)17-15-27)33(42)23-41(31-11-7-10-30(37)34(31)38)46(44,45)29-18-12-25(3)13-19-29/h4-19,24,32H,20-23H2,1-3H3,(H,39,43)/t32-/m1/s1. The number of halogens is 3. The third kappa shape index (κ3) is 9.04. The van der Waals surface area contributed by atoms with Crippen LogP contribution in [0.15, 0.2) is 102 Å². The SMILES string of the molecule is Cc1ccc(S(=O)(=O)N(CC(=O)N(Cc2ccc(Cl)cc2)[C@H](Cc2ccccc2)C(=O)NCC(C)C)c2cccc(Cl)c2Cl)cc1. The summed E-state index contributed by atoms with van der Waals surface area (Å²) in [6.07, 6.45) is 0.201. The lowest BCUT2D eigenvalue weighted by atomic mass is 10.0. The number of carbonyl (C=O) groups is 2. The number of aryl methyl sites for hydroxylation is 1. The van der Waals surface area contributed by atoms with E-state index in [-0.39, 0.29) is 45.4 Å². The molecule has 0 aliphatic heterocycles. The fourth-order valence-corrected chi connectivity index (χ4v) is 6.80. The lowest BCUT2D eigenvalue weighted by Crippen LogP contribution is -2.53. The molecule has 7 nitrogen and oxygen atoms in total. The molecule has 2 amide bonds. The Morgan fingerprint density at radius 2 is 1.46 bits per heavy atom. The molecule has 0 saturated heterocycles. The van der Waals surface area contributed by atoms with Gasteiger partial charge in [-0.3, -0.25) is 13.9 Å². The van der Waals surface area contributed by atoms with Crippen LogP contribution in [0.2, 0.25) is 15.1 Å². The summed E-state index contributed by atoms with van der Waals surface area (Å²) in [6, 6.07) is 26.2. The highest BCUT2D eigenvalue weighted by Gasteiger charge is 2.35. The van der Waals surface area contributed by atoms with Gasteiger partial charge in [0.2, 0.25) is 11.8 Å². The number of nitrogens with one attached hydrogen (secondary N) is 1. The van der Waals surface area contributed by atoms with E-state index >= 15 is 0 Å². The molecule has 0 aliphatic carbocycles. The highest BCUT2D eigenvalue weighted by atomic mass is 35.5. The Morgan fingerprint density at radius 1 is 0.804 bits per heavy atom. The summed E-state index contributed by atoms with van der Waals surface area (Å²) in [4.78, 5) is 29.8. The number of hydrogen-bond donors (Lipinski definition) is 1. The second-order valence-corrected chi connectivity index (χ2v) is 14.5. The lowest BCUT2D eigenvalue weighted by Gasteiger charge is -2.34. The topological polar surface area (TPSA) is 86.8 Å². The number of sulfonamides is 1. The van der Waals surface area contributed by atoms with Crippen molar-refractivity contribution in [1.29, 1.82) is 0 Å². The van der Waals surface area contributed by atoms with E-state index in [2.05, 4.69) is 5.32 Å². The number of hydrogen-bond acceptors (Lipinski definition) is 4. The third-order valence-corrected chi connectivity index (χ3v) is 10.1. The monoisotopic (exact) mass is 699 g/mol. The zero-order chi connectivity index (χ0) is 33.4. The van der Waals surface area contributed by atoms with Crippen LogP contribution in [0.4, 0.5) is 5.69 Å². The van der Waals surface area contributed by atoms with Gasteiger partial charge in [-0.15, -0.1) is 0 Å². The average Bonchev–Trinajstić information content (AvgIpc) is 3.03. The summed E-state index contributed by atoms with van der Waals surface area (Å²) in [5, 5.41) is 3.60. The molecular weight excluding hydrogens is 665 g/mol. The molecule has 0 heterocycles. The number of rotatable bonds is 13. The summed E-state index contributed by atoms with van der Waals surface area (Å²) in [5.41, 5.74) is 2.45. The summed E-state index contributed by atoms with van der Waals surface area (Å²) in [6.45, 7) is 5.57. The van der Waals surface area contributed by atoms with Crippen molar-refractivity contribution in [2.45, 2.75) is 44.7 Å². The second kappa shape index (κ2) is 15.8. The Hall–Kier alpha value is -3.56. The van der Waals surface area contributed by atoms with Gasteiger partial charge in [0.15, 0.2) is 0 Å². The first-order chi connectivity index (χ1) is 21.9. The van der Waals surface area contributed by atoms with Gasteiger partial charge in [0.25, 0.3) is 10.0 Å². The largest absolute Gasteiger partial charge is 0.354 e. The number of carbonyl (C=O) groups excluding carboxylic acids is 2. The van der Waals surface area contributed by atoms with Gasteiger partial charge in [0.05, 0.1) is 20.6 Å². The van der Waals surface area contributed by atoms with Gasteiger partial charge in [-0.05, 0) is 60.4 Å². The Balaban J connectivity index is 1.82. The molecule has 0 aliphatic rings. The first-order valence-electron chi connectivity index (χ1n) is 14.8. The minimum Gasteiger partial charge on any atom is -0.354 e. The van der Waals surface area contributed by atoms with Crippen LogP contribution in [-0.4, -0.2) is 44.3 Å². The van der Waals surface area contributed by atoms with E-state index in [0.29, 0.717) is 17.1 Å². The van der Waals surface area contributed by atoms with Crippen LogP contribution in [0.3, 0.4) is 0 Å². The molecule has 11 heteroatoms. The van der Waals surface area contributed by atoms with Gasteiger partial charge >= 0.3 is 0 Å². The molecule has 1 atom stereocenters. The first kappa shape index (κ1) is 35.3. The fourth-order valence-electron chi connectivity index (χ4n) is 4.80. The van der Waals surface area contributed by atoms with Crippen molar-refractivity contribution in [3.8, 4) is 0 Å². The van der Waals surface area contributed by atoms with Crippen molar-refractivity contribution < 1.29 is 18.0 Å². The molecule has 0 unspecified atom stereocenters. The van der Waals surface area contributed by atoms with Gasteiger partial charge in [-0.25, -0.2) is 8.42 Å². The Bertz CT molecular complexity index is 1750. The van der Waals surface area contributed by atoms with E-state index in [4.69, 9.17) is 34.8 Å². The molecule has 242 valence electrons. The van der Waals surface area contributed by atoms with E-state index in [0.717, 1.165) is 15.4 Å². The molecule has 1 N–H and O–H groups in total. The Morgan fingerprint density at radius 3 is 2.09 bits per heavy atom. The molecule has 0 spiro atoms. The van der Waals surface area contributed by atoms with Crippen LogP contribution >= 0.6 is 34.8 Å². The van der Waals surface area contributed by atoms with Gasteiger partial charge in [-0.2, -0.15) is 0 Å². The van der Waals surface area contributed by atoms with Crippen molar-refractivity contribution in [3.05, 3.63) is 129 Å². The van der Waals surface area contributed by atoms with E-state index < -0.39 is 28.5 Å². The van der Waals surface area contributed by atoms with E-state index in [9.17, 15) is 18.0 Å². The Labute approximate surface area is 286 Å². The van der Waals surface area contributed by atoms with Crippen LogP contribution in [0, 0.1) is 12.8 Å². The van der Waals surface area contributed by atoms with Crippen LogP contribution in [-0.2, 0) is 32.6 Å². The second-order valence-electron chi connectivity index (χ2n) is 11.4. The van der Waals surface area contributed by atoms with Crippen molar-refractivity contribution in [2.75, 3.05) is 17.4 Å². The van der Waals surface area contributed by atoms with Crippen molar-refractivity contribution >= 4 is 62.3 Å². The zero-order valence-corrected chi connectivity index (χ0v) is 28.9. The van der Waals surface area contributed by atoms with Crippen molar-refractivity contribution in [2.24, 2.45) is 5.92 Å². The summed E-state index contributed by atoms with van der Waals surface area (Å²) < 4.78 is 29.3. The van der Waals surface area contributed by atoms with E-state index in [1.54, 1.807) is 42.5 Å². The highest BCUT2D eigenvalue weighted by molar-refractivity contribution is 7.92. The molecule has 4 aromatic rings. The predicted octanol–water partition coefficient (Wildman–Crippen LogP) is 7.56. The van der Waals surface area contributed by atoms with Gasteiger partial charge in [0, 0.05) is 24.5 Å². The quantitative estimate of drug-likeness (QED) is 0.156. The van der Waals surface area contributed by atoms with Gasteiger partial charge in [0.1, 0.15) is 12.6 Å². The zero-order valence-electron chi connectivity index (χ0n) is 25.8.